The van der Waals surface area contributed by atoms with Gasteiger partial charge in [0.15, 0.2) is 11.5 Å². The molecule has 3 atom stereocenters. The number of ether oxygens (including phenoxy) is 3. The van der Waals surface area contributed by atoms with Gasteiger partial charge in [0.2, 0.25) is 28.5 Å². The van der Waals surface area contributed by atoms with Gasteiger partial charge in [-0.25, -0.2) is 13.1 Å². The molecule has 1 saturated heterocycles. The molecule has 3 rings (SSSR count). The van der Waals surface area contributed by atoms with Crippen LogP contribution in [-0.4, -0.2) is 106 Å². The van der Waals surface area contributed by atoms with Gasteiger partial charge in [0.1, 0.15) is 0 Å². The van der Waals surface area contributed by atoms with Crippen LogP contribution >= 0.6 is 0 Å². The number of hydrogen-bond acceptors (Lipinski definition) is 9. The van der Waals surface area contributed by atoms with Gasteiger partial charge in [0.05, 0.1) is 25.8 Å². The molecule has 214 valence electrons. The van der Waals surface area contributed by atoms with E-state index >= 15 is 0 Å². The number of rotatable bonds is 15. The lowest BCUT2D eigenvalue weighted by Crippen LogP contribution is -2.45. The third-order valence-electron chi connectivity index (χ3n) is 7.01. The lowest BCUT2D eigenvalue weighted by molar-refractivity contribution is -0.143. The third kappa shape index (κ3) is 7.49. The van der Waals surface area contributed by atoms with Crippen LogP contribution in [0.3, 0.4) is 0 Å². The summed E-state index contributed by atoms with van der Waals surface area (Å²) in [6, 6.07) is 2.88. The highest BCUT2D eigenvalue weighted by atomic mass is 32.2. The highest BCUT2D eigenvalue weighted by Gasteiger charge is 2.47. The maximum Gasteiger partial charge on any atom is 0.308 e. The van der Waals surface area contributed by atoms with E-state index in [1.807, 2.05) is 11.8 Å². The number of carboxylic acid groups (broad SMARTS) is 1. The Kier molecular flexibility index (Phi) is 10.6. The van der Waals surface area contributed by atoms with Gasteiger partial charge < -0.3 is 29.3 Å². The predicted octanol–water partition coefficient (Wildman–Crippen LogP) is 0.843. The zero-order valence-electron chi connectivity index (χ0n) is 22.2. The molecule has 1 fully saturated rings. The molecule has 38 heavy (non-hydrogen) atoms. The molecule has 13 heteroatoms. The molecule has 0 radical (unpaired) electrons. The standard InChI is InChI=1S/C25H39N3O9S/c1-4-5-9-27(10-6-11-29)22(30)15-28-14-18(17-12-20(35-2)24-21(13-17)36-16-37-24)23(25(31)32)19(28)7-8-26-38(3,33)34/h12-13,18-19,23,26,29H,4-11,14-16H2,1-3H3,(H,31,32)/t18-,19+,23-/m1/s1. The number of nitrogens with one attached hydrogen (secondary N) is 1. The van der Waals surface area contributed by atoms with Crippen molar-refractivity contribution >= 4 is 21.9 Å². The summed E-state index contributed by atoms with van der Waals surface area (Å²) in [5, 5.41) is 19.6. The number of fused-ring (bicyclic) bond motifs is 1. The van der Waals surface area contributed by atoms with Crippen molar-refractivity contribution in [1.82, 2.24) is 14.5 Å². The van der Waals surface area contributed by atoms with Crippen molar-refractivity contribution in [2.45, 2.75) is 44.6 Å². The summed E-state index contributed by atoms with van der Waals surface area (Å²) < 4.78 is 42.3. The zero-order chi connectivity index (χ0) is 27.9. The van der Waals surface area contributed by atoms with Gasteiger partial charge in [-0.2, -0.15) is 0 Å². The molecule has 2 aliphatic heterocycles. The van der Waals surface area contributed by atoms with E-state index in [1.165, 1.54) is 7.11 Å². The highest BCUT2D eigenvalue weighted by Crippen LogP contribution is 2.47. The second kappa shape index (κ2) is 13.5. The second-order valence-electron chi connectivity index (χ2n) is 9.69. The zero-order valence-corrected chi connectivity index (χ0v) is 23.0. The predicted molar refractivity (Wildman–Crippen MR) is 139 cm³/mol. The number of benzene rings is 1. The van der Waals surface area contributed by atoms with Gasteiger partial charge in [-0.05, 0) is 37.0 Å². The van der Waals surface area contributed by atoms with Crippen molar-refractivity contribution < 1.29 is 42.4 Å². The fourth-order valence-electron chi connectivity index (χ4n) is 5.19. The Morgan fingerprint density at radius 1 is 1.24 bits per heavy atom. The topological polar surface area (TPSA) is 155 Å². The minimum absolute atomic E-state index is 0.0132. The summed E-state index contributed by atoms with van der Waals surface area (Å²) in [6.45, 7) is 3.29. The van der Waals surface area contributed by atoms with E-state index in [4.69, 9.17) is 14.2 Å². The summed E-state index contributed by atoms with van der Waals surface area (Å²) in [5.74, 6) is -1.25. The quantitative estimate of drug-likeness (QED) is 0.283. The SMILES string of the molecule is CCCCN(CCCO)C(=O)CN1C[C@H](c2cc(OC)c3c(c2)OCO3)[C@@H](C(=O)O)[C@@H]1CCNS(C)(=O)=O. The van der Waals surface area contributed by atoms with Crippen molar-refractivity contribution in [3.8, 4) is 17.2 Å². The molecule has 1 aromatic rings. The second-order valence-corrected chi connectivity index (χ2v) is 11.5. The molecule has 0 unspecified atom stereocenters. The molecule has 3 N–H and O–H groups in total. The number of carbonyl (C=O) groups is 2. The van der Waals surface area contributed by atoms with Crippen LogP contribution in [0, 0.1) is 5.92 Å². The Morgan fingerprint density at radius 2 is 1.97 bits per heavy atom. The van der Waals surface area contributed by atoms with Crippen LogP contribution in [0.1, 0.15) is 44.1 Å². The normalized spacial score (nSPS) is 21.0. The number of aliphatic hydroxyl groups excluding tert-OH is 1. The average molecular weight is 558 g/mol. The van der Waals surface area contributed by atoms with E-state index in [2.05, 4.69) is 4.72 Å². The van der Waals surface area contributed by atoms with Crippen LogP contribution in [0.5, 0.6) is 17.2 Å². The number of unbranched alkanes of at least 4 members (excludes halogenated alkanes) is 1. The van der Waals surface area contributed by atoms with Gasteiger partial charge in [0.25, 0.3) is 0 Å². The maximum absolute atomic E-state index is 13.4. The first-order chi connectivity index (χ1) is 18.1. The van der Waals surface area contributed by atoms with Crippen LogP contribution < -0.4 is 18.9 Å². The molecule has 0 spiro atoms. The van der Waals surface area contributed by atoms with E-state index in [1.54, 1.807) is 17.0 Å². The molecule has 2 heterocycles. The number of nitrogens with zero attached hydrogens (tertiary/aromatic N) is 2. The van der Waals surface area contributed by atoms with E-state index in [9.17, 15) is 28.2 Å². The third-order valence-corrected chi connectivity index (χ3v) is 7.73. The van der Waals surface area contributed by atoms with Crippen molar-refractivity contribution in [3.05, 3.63) is 17.7 Å². The van der Waals surface area contributed by atoms with Crippen LogP contribution in [0.15, 0.2) is 12.1 Å². The minimum atomic E-state index is -3.47. The van der Waals surface area contributed by atoms with E-state index in [-0.39, 0.29) is 45.4 Å². The van der Waals surface area contributed by atoms with Crippen molar-refractivity contribution in [2.24, 2.45) is 5.92 Å². The number of methoxy groups -OCH3 is 1. The summed E-state index contributed by atoms with van der Waals surface area (Å²) in [5.41, 5.74) is 0.678. The Balaban J connectivity index is 1.92. The van der Waals surface area contributed by atoms with E-state index in [0.717, 1.165) is 19.1 Å². The Bertz CT molecular complexity index is 1070. The van der Waals surface area contributed by atoms with Crippen LogP contribution in [0.25, 0.3) is 0 Å². The number of aliphatic hydroxyl groups is 1. The lowest BCUT2D eigenvalue weighted by atomic mass is 9.84. The number of aliphatic carboxylic acids is 1. The summed E-state index contributed by atoms with van der Waals surface area (Å²) in [6.07, 6.45) is 3.43. The number of amides is 1. The first-order valence-corrected chi connectivity index (χ1v) is 14.8. The van der Waals surface area contributed by atoms with E-state index < -0.39 is 33.9 Å². The van der Waals surface area contributed by atoms with Crippen LogP contribution in [0.2, 0.25) is 0 Å². The first kappa shape index (κ1) is 29.9. The maximum atomic E-state index is 13.4. The number of sulfonamides is 1. The molecule has 0 aromatic heterocycles. The molecular formula is C25H39N3O9S. The van der Waals surface area contributed by atoms with Gasteiger partial charge in [-0.3, -0.25) is 14.5 Å². The number of likely N-dealkylation sites (tertiary alicyclic amines) is 1. The van der Waals surface area contributed by atoms with E-state index in [0.29, 0.717) is 42.3 Å². The van der Waals surface area contributed by atoms with Crippen molar-refractivity contribution in [1.29, 1.82) is 0 Å². The fraction of sp³-hybridized carbons (Fsp3) is 0.680. The molecule has 2 aliphatic rings. The van der Waals surface area contributed by atoms with Gasteiger partial charge in [-0.15, -0.1) is 0 Å². The van der Waals surface area contributed by atoms with Crippen LogP contribution in [0.4, 0.5) is 0 Å². The molecule has 0 aliphatic carbocycles. The smallest absolute Gasteiger partial charge is 0.308 e. The van der Waals surface area contributed by atoms with Crippen molar-refractivity contribution in [3.63, 3.8) is 0 Å². The number of carboxylic acids is 1. The van der Waals surface area contributed by atoms with Crippen LogP contribution in [-0.2, 0) is 19.6 Å². The molecule has 12 nitrogen and oxygen atoms in total. The van der Waals surface area contributed by atoms with Gasteiger partial charge >= 0.3 is 5.97 Å². The monoisotopic (exact) mass is 557 g/mol. The Morgan fingerprint density at radius 3 is 2.61 bits per heavy atom. The summed E-state index contributed by atoms with van der Waals surface area (Å²) >= 11 is 0. The molecular weight excluding hydrogens is 518 g/mol. The largest absolute Gasteiger partial charge is 0.493 e. The number of carbonyl (C=O) groups excluding carboxylic acids is 1. The molecule has 1 aromatic carbocycles. The van der Waals surface area contributed by atoms with Crippen molar-refractivity contribution in [2.75, 3.05) is 59.5 Å². The summed E-state index contributed by atoms with van der Waals surface area (Å²) in [7, 11) is -1.98. The number of hydrogen-bond donors (Lipinski definition) is 3. The molecule has 0 bridgehead atoms. The fourth-order valence-corrected chi connectivity index (χ4v) is 5.68. The van der Waals surface area contributed by atoms with Gasteiger partial charge in [-0.1, -0.05) is 13.3 Å². The lowest BCUT2D eigenvalue weighted by Gasteiger charge is -2.29. The summed E-state index contributed by atoms with van der Waals surface area (Å²) in [4.78, 5) is 29.5. The Labute approximate surface area is 223 Å². The average Bonchev–Trinajstić information content (AvgIpc) is 3.47. The molecule has 0 saturated carbocycles. The Hall–Kier alpha value is -2.61. The highest BCUT2D eigenvalue weighted by molar-refractivity contribution is 7.88. The first-order valence-electron chi connectivity index (χ1n) is 12.9. The van der Waals surface area contributed by atoms with Gasteiger partial charge in [0, 0.05) is 44.7 Å². The minimum Gasteiger partial charge on any atom is -0.493 e. The molecule has 1 amide bonds.